The maximum Gasteiger partial charge on any atom is 0.257 e. The van der Waals surface area contributed by atoms with Gasteiger partial charge >= 0.3 is 0 Å². The van der Waals surface area contributed by atoms with Gasteiger partial charge in [-0.25, -0.2) is 8.78 Å². The van der Waals surface area contributed by atoms with E-state index in [2.05, 4.69) is 5.16 Å². The second kappa shape index (κ2) is 5.44. The fourth-order valence-corrected chi connectivity index (χ4v) is 2.36. The number of amidine groups is 1. The van der Waals surface area contributed by atoms with Crippen LogP contribution >= 0.6 is 0 Å². The number of rotatable bonds is 2. The van der Waals surface area contributed by atoms with Crippen LogP contribution in [0.4, 0.5) is 8.78 Å². The first-order valence-electron chi connectivity index (χ1n) is 6.19. The van der Waals surface area contributed by atoms with Crippen molar-refractivity contribution < 1.29 is 18.8 Å². The summed E-state index contributed by atoms with van der Waals surface area (Å²) in [6, 6.07) is 1.31. The monoisotopic (exact) mass is 283 g/mol. The molecule has 0 aliphatic carbocycles. The first-order valence-corrected chi connectivity index (χ1v) is 6.19. The van der Waals surface area contributed by atoms with Crippen LogP contribution in [0.2, 0.25) is 0 Å². The van der Waals surface area contributed by atoms with Crippen molar-refractivity contribution in [2.45, 2.75) is 25.8 Å². The first-order chi connectivity index (χ1) is 9.45. The van der Waals surface area contributed by atoms with Gasteiger partial charge in [0.2, 0.25) is 0 Å². The summed E-state index contributed by atoms with van der Waals surface area (Å²) in [5.41, 5.74) is 5.51. The fourth-order valence-electron chi connectivity index (χ4n) is 2.36. The van der Waals surface area contributed by atoms with Crippen molar-refractivity contribution in [1.82, 2.24) is 4.90 Å². The lowest BCUT2D eigenvalue weighted by molar-refractivity contribution is 0.0763. The summed E-state index contributed by atoms with van der Waals surface area (Å²) < 4.78 is 27.0. The van der Waals surface area contributed by atoms with Crippen LogP contribution in [0.5, 0.6) is 0 Å². The molecule has 1 amide bonds. The Balaban J connectivity index is 2.34. The zero-order valence-electron chi connectivity index (χ0n) is 10.9. The van der Waals surface area contributed by atoms with Gasteiger partial charge in [-0.15, -0.1) is 0 Å². The third kappa shape index (κ3) is 2.43. The van der Waals surface area contributed by atoms with E-state index in [9.17, 15) is 13.6 Å². The van der Waals surface area contributed by atoms with Crippen LogP contribution in [0.3, 0.4) is 0 Å². The van der Waals surface area contributed by atoms with Gasteiger partial charge in [0, 0.05) is 12.6 Å². The summed E-state index contributed by atoms with van der Waals surface area (Å²) in [6.45, 7) is 1.84. The number of nitrogens with two attached hydrogens (primary N) is 1. The number of benzene rings is 1. The number of halogens is 2. The van der Waals surface area contributed by atoms with E-state index in [0.717, 1.165) is 0 Å². The van der Waals surface area contributed by atoms with E-state index >= 15 is 0 Å². The van der Waals surface area contributed by atoms with Crippen LogP contribution in [0.1, 0.15) is 28.8 Å². The number of hydrogen-bond acceptors (Lipinski definition) is 3. The van der Waals surface area contributed by atoms with E-state index in [1.54, 1.807) is 0 Å². The number of likely N-dealkylation sites (tertiary alicyclic amines) is 1. The summed E-state index contributed by atoms with van der Waals surface area (Å²) in [5.74, 6) is -2.29. The van der Waals surface area contributed by atoms with Gasteiger partial charge in [0.15, 0.2) is 5.84 Å². The smallest absolute Gasteiger partial charge is 0.257 e. The molecule has 1 saturated heterocycles. The Morgan fingerprint density at radius 2 is 2.15 bits per heavy atom. The standard InChI is InChI=1S/C13H15F2N3O2/c1-7-5-8(10(15)6-9(7)14)13(19)18-4-2-3-11(18)12(16)17-20/h5-6,11,20H,2-4H2,1H3,(H2,16,17). The molecule has 1 fully saturated rings. The van der Waals surface area contributed by atoms with Crippen molar-refractivity contribution in [3.63, 3.8) is 0 Å². The van der Waals surface area contributed by atoms with Gasteiger partial charge in [-0.1, -0.05) is 5.16 Å². The van der Waals surface area contributed by atoms with Crippen LogP contribution in [0, 0.1) is 18.6 Å². The van der Waals surface area contributed by atoms with Crippen molar-refractivity contribution in [2.75, 3.05) is 6.54 Å². The number of carbonyl (C=O) groups is 1. The Morgan fingerprint density at radius 3 is 2.80 bits per heavy atom. The van der Waals surface area contributed by atoms with Crippen molar-refractivity contribution in [3.05, 3.63) is 34.9 Å². The molecular weight excluding hydrogens is 268 g/mol. The number of nitrogens with zero attached hydrogens (tertiary/aromatic N) is 2. The highest BCUT2D eigenvalue weighted by atomic mass is 19.1. The van der Waals surface area contributed by atoms with E-state index in [0.29, 0.717) is 25.5 Å². The van der Waals surface area contributed by atoms with Crippen molar-refractivity contribution in [1.29, 1.82) is 0 Å². The van der Waals surface area contributed by atoms with E-state index in [1.807, 2.05) is 0 Å². The minimum absolute atomic E-state index is 0.0879. The molecule has 2 rings (SSSR count). The molecule has 1 unspecified atom stereocenters. The lowest BCUT2D eigenvalue weighted by atomic mass is 10.1. The maximum atomic E-state index is 13.7. The highest BCUT2D eigenvalue weighted by Crippen LogP contribution is 2.23. The zero-order chi connectivity index (χ0) is 14.9. The normalized spacial score (nSPS) is 19.4. The maximum absolute atomic E-state index is 13.7. The van der Waals surface area contributed by atoms with Crippen molar-refractivity contribution in [2.24, 2.45) is 10.9 Å². The van der Waals surface area contributed by atoms with Gasteiger partial charge in [0.25, 0.3) is 5.91 Å². The number of hydrogen-bond donors (Lipinski definition) is 2. The molecule has 5 nitrogen and oxygen atoms in total. The van der Waals surface area contributed by atoms with E-state index in [-0.39, 0.29) is 17.0 Å². The molecule has 108 valence electrons. The zero-order valence-corrected chi connectivity index (χ0v) is 10.9. The van der Waals surface area contributed by atoms with E-state index in [1.165, 1.54) is 17.9 Å². The summed E-state index contributed by atoms with van der Waals surface area (Å²) in [6.07, 6.45) is 1.22. The number of carbonyl (C=O) groups excluding carboxylic acids is 1. The van der Waals surface area contributed by atoms with Crippen LogP contribution in [-0.2, 0) is 0 Å². The lowest BCUT2D eigenvalue weighted by Gasteiger charge is -2.24. The largest absolute Gasteiger partial charge is 0.409 e. The van der Waals surface area contributed by atoms with E-state index < -0.39 is 23.6 Å². The molecule has 1 atom stereocenters. The molecule has 0 spiro atoms. The quantitative estimate of drug-likeness (QED) is 0.375. The predicted molar refractivity (Wildman–Crippen MR) is 68.6 cm³/mol. The van der Waals surface area contributed by atoms with Gasteiger partial charge in [0.05, 0.1) is 11.6 Å². The number of amides is 1. The van der Waals surface area contributed by atoms with Crippen LogP contribution in [-0.4, -0.2) is 34.4 Å². The molecule has 20 heavy (non-hydrogen) atoms. The molecule has 0 radical (unpaired) electrons. The molecule has 1 aromatic rings. The van der Waals surface area contributed by atoms with E-state index in [4.69, 9.17) is 10.9 Å². The molecule has 0 saturated carbocycles. The molecule has 0 bridgehead atoms. The Bertz CT molecular complexity index is 575. The highest BCUT2D eigenvalue weighted by molar-refractivity contribution is 5.99. The summed E-state index contributed by atoms with van der Waals surface area (Å²) in [7, 11) is 0. The summed E-state index contributed by atoms with van der Waals surface area (Å²) >= 11 is 0. The van der Waals surface area contributed by atoms with Crippen LogP contribution in [0.25, 0.3) is 0 Å². The number of aryl methyl sites for hydroxylation is 1. The fraction of sp³-hybridized carbons (Fsp3) is 0.385. The highest BCUT2D eigenvalue weighted by Gasteiger charge is 2.33. The topological polar surface area (TPSA) is 78.9 Å². The Hall–Kier alpha value is -2.18. The SMILES string of the molecule is Cc1cc(C(=O)N2CCCC2/C(N)=N/O)c(F)cc1F. The van der Waals surface area contributed by atoms with Crippen molar-refractivity contribution >= 4 is 11.7 Å². The molecule has 7 heteroatoms. The van der Waals surface area contributed by atoms with Gasteiger partial charge < -0.3 is 15.8 Å². The predicted octanol–water partition coefficient (Wildman–Crippen LogP) is 1.62. The molecule has 3 N–H and O–H groups in total. The Kier molecular flexibility index (Phi) is 3.87. The second-order valence-electron chi connectivity index (χ2n) is 4.76. The van der Waals surface area contributed by atoms with Crippen LogP contribution < -0.4 is 5.73 Å². The third-order valence-electron chi connectivity index (χ3n) is 3.45. The first kappa shape index (κ1) is 14.2. The molecule has 1 aliphatic rings. The van der Waals surface area contributed by atoms with Crippen molar-refractivity contribution in [3.8, 4) is 0 Å². The molecule has 1 aliphatic heterocycles. The Labute approximate surface area is 114 Å². The Morgan fingerprint density at radius 1 is 1.45 bits per heavy atom. The van der Waals surface area contributed by atoms with Gasteiger partial charge in [-0.05, 0) is 31.4 Å². The second-order valence-corrected chi connectivity index (χ2v) is 4.76. The minimum Gasteiger partial charge on any atom is -0.409 e. The summed E-state index contributed by atoms with van der Waals surface area (Å²) in [5, 5.41) is 11.6. The molecule has 1 heterocycles. The van der Waals surface area contributed by atoms with Gasteiger partial charge in [0.1, 0.15) is 11.6 Å². The van der Waals surface area contributed by atoms with Crippen LogP contribution in [0.15, 0.2) is 17.3 Å². The summed E-state index contributed by atoms with van der Waals surface area (Å²) in [4.78, 5) is 13.7. The molecule has 1 aromatic carbocycles. The average Bonchev–Trinajstić information content (AvgIpc) is 2.90. The molecule has 0 aromatic heterocycles. The lowest BCUT2D eigenvalue weighted by Crippen LogP contribution is -2.44. The number of oxime groups is 1. The average molecular weight is 283 g/mol. The molecular formula is C13H15F2N3O2. The minimum atomic E-state index is -0.914. The van der Waals surface area contributed by atoms with Gasteiger partial charge in [-0.3, -0.25) is 4.79 Å². The van der Waals surface area contributed by atoms with Gasteiger partial charge in [-0.2, -0.15) is 0 Å². The third-order valence-corrected chi connectivity index (χ3v) is 3.45.